The highest BCUT2D eigenvalue weighted by Crippen LogP contribution is 2.71. The summed E-state index contributed by atoms with van der Waals surface area (Å²) in [6.45, 7) is 0. The van der Waals surface area contributed by atoms with Crippen LogP contribution in [0.1, 0.15) is 32.1 Å². The molecule has 90 valence electrons. The Kier molecular flexibility index (Phi) is 1.42. The van der Waals surface area contributed by atoms with E-state index in [2.05, 4.69) is 12.2 Å². The number of carbonyl (C=O) groups is 1. The average molecular weight is 230 g/mol. The van der Waals surface area contributed by atoms with Gasteiger partial charge in [-0.2, -0.15) is 0 Å². The van der Waals surface area contributed by atoms with E-state index in [4.69, 9.17) is 4.74 Å². The Labute approximate surface area is 101 Å². The smallest absolute Gasteiger partial charge is 0.310 e. The van der Waals surface area contributed by atoms with Gasteiger partial charge in [-0.05, 0) is 55.8 Å². The van der Waals surface area contributed by atoms with Crippen molar-refractivity contribution in [1.82, 2.24) is 0 Å². The first-order valence-corrected chi connectivity index (χ1v) is 7.21. The van der Waals surface area contributed by atoms with Gasteiger partial charge in [-0.1, -0.05) is 12.2 Å². The van der Waals surface area contributed by atoms with Crippen LogP contribution in [-0.2, 0) is 9.53 Å². The lowest BCUT2D eigenvalue weighted by Gasteiger charge is -2.51. The number of fused-ring (bicyclic) bond motifs is 9. The third-order valence-electron chi connectivity index (χ3n) is 6.43. The number of rotatable bonds is 0. The molecule has 0 amide bonds. The molecule has 0 N–H and O–H groups in total. The molecule has 5 rings (SSSR count). The van der Waals surface area contributed by atoms with Gasteiger partial charge in [0.05, 0.1) is 5.92 Å². The number of esters is 1. The summed E-state index contributed by atoms with van der Waals surface area (Å²) in [5.41, 5.74) is -0.0127. The fourth-order valence-electron chi connectivity index (χ4n) is 5.97. The normalized spacial score (nSPS) is 55.9. The minimum atomic E-state index is -0.0127. The first-order chi connectivity index (χ1) is 8.30. The minimum Gasteiger partial charge on any atom is -0.459 e. The fourth-order valence-corrected chi connectivity index (χ4v) is 5.97. The Balaban J connectivity index is 1.59. The maximum absolute atomic E-state index is 12.2. The van der Waals surface area contributed by atoms with E-state index in [-0.39, 0.29) is 17.5 Å². The molecule has 0 aromatic heterocycles. The summed E-state index contributed by atoms with van der Waals surface area (Å²) in [6.07, 6.45) is 10.9. The van der Waals surface area contributed by atoms with Crippen molar-refractivity contribution in [3.8, 4) is 0 Å². The molecule has 1 saturated heterocycles. The van der Waals surface area contributed by atoms with Gasteiger partial charge < -0.3 is 4.74 Å². The van der Waals surface area contributed by atoms with E-state index in [1.807, 2.05) is 0 Å². The summed E-state index contributed by atoms with van der Waals surface area (Å²) in [4.78, 5) is 12.2. The van der Waals surface area contributed by atoms with Gasteiger partial charge in [-0.15, -0.1) is 0 Å². The van der Waals surface area contributed by atoms with E-state index in [9.17, 15) is 4.79 Å². The van der Waals surface area contributed by atoms with Crippen molar-refractivity contribution in [3.63, 3.8) is 0 Å². The number of carbonyl (C=O) groups excluding carboxylic acids is 1. The van der Waals surface area contributed by atoms with Crippen LogP contribution in [0.2, 0.25) is 0 Å². The predicted molar refractivity (Wildman–Crippen MR) is 62.0 cm³/mol. The lowest BCUT2D eigenvalue weighted by Crippen LogP contribution is -2.54. The van der Waals surface area contributed by atoms with Gasteiger partial charge >= 0.3 is 5.97 Å². The zero-order chi connectivity index (χ0) is 11.2. The highest BCUT2D eigenvalue weighted by atomic mass is 16.6. The number of hydrogen-bond donors (Lipinski definition) is 0. The van der Waals surface area contributed by atoms with Crippen LogP contribution in [0, 0.1) is 35.5 Å². The van der Waals surface area contributed by atoms with Crippen molar-refractivity contribution in [3.05, 3.63) is 12.2 Å². The molecule has 1 spiro atoms. The van der Waals surface area contributed by atoms with Gasteiger partial charge in [0.2, 0.25) is 0 Å². The van der Waals surface area contributed by atoms with Crippen molar-refractivity contribution >= 4 is 5.97 Å². The quantitative estimate of drug-likeness (QED) is 0.472. The molecule has 0 aromatic carbocycles. The Hall–Kier alpha value is -0.790. The van der Waals surface area contributed by atoms with E-state index in [1.54, 1.807) is 0 Å². The lowest BCUT2D eigenvalue weighted by atomic mass is 9.50. The van der Waals surface area contributed by atoms with E-state index in [1.165, 1.54) is 19.3 Å². The summed E-state index contributed by atoms with van der Waals surface area (Å²) in [5, 5.41) is 0. The summed E-state index contributed by atoms with van der Waals surface area (Å²) in [7, 11) is 0. The number of hydrogen-bond acceptors (Lipinski definition) is 2. The lowest BCUT2D eigenvalue weighted by molar-refractivity contribution is -0.150. The van der Waals surface area contributed by atoms with Crippen LogP contribution in [0.25, 0.3) is 0 Å². The topological polar surface area (TPSA) is 26.3 Å². The van der Waals surface area contributed by atoms with E-state index in [0.29, 0.717) is 17.8 Å². The monoisotopic (exact) mass is 230 g/mol. The Morgan fingerprint density at radius 3 is 2.59 bits per heavy atom. The molecule has 3 saturated carbocycles. The van der Waals surface area contributed by atoms with Gasteiger partial charge in [-0.3, -0.25) is 4.79 Å². The maximum atomic E-state index is 12.2. The second-order valence-electron chi connectivity index (χ2n) is 6.85. The largest absolute Gasteiger partial charge is 0.459 e. The molecule has 6 unspecified atom stereocenters. The van der Waals surface area contributed by atoms with Gasteiger partial charge in [0.1, 0.15) is 5.60 Å². The molecule has 0 radical (unpaired) electrons. The van der Waals surface area contributed by atoms with Crippen LogP contribution < -0.4 is 0 Å². The van der Waals surface area contributed by atoms with Gasteiger partial charge in [0.15, 0.2) is 0 Å². The van der Waals surface area contributed by atoms with Crippen LogP contribution in [0.15, 0.2) is 12.2 Å². The summed E-state index contributed by atoms with van der Waals surface area (Å²) in [6, 6.07) is 0. The molecule has 2 heteroatoms. The number of allylic oxidation sites excluding steroid dienone is 2. The van der Waals surface area contributed by atoms with Crippen molar-refractivity contribution in [2.24, 2.45) is 35.5 Å². The zero-order valence-electron chi connectivity index (χ0n) is 9.97. The van der Waals surface area contributed by atoms with Crippen molar-refractivity contribution < 1.29 is 9.53 Å². The average Bonchev–Trinajstić information content (AvgIpc) is 2.94. The standard InChI is InChI=1S/C15H18O2/c16-14-12-10-8-3-4-9(7-8)11(10)13(12)15(17-14)5-1-2-6-15/h3-4,8-13H,1-2,5-7H2. The van der Waals surface area contributed by atoms with Gasteiger partial charge in [-0.25, -0.2) is 0 Å². The van der Waals surface area contributed by atoms with Gasteiger partial charge in [0.25, 0.3) is 0 Å². The van der Waals surface area contributed by atoms with Crippen LogP contribution in [-0.4, -0.2) is 11.6 Å². The Bertz CT molecular complexity index is 432. The van der Waals surface area contributed by atoms with E-state index in [0.717, 1.165) is 24.7 Å². The first-order valence-electron chi connectivity index (χ1n) is 7.21. The van der Waals surface area contributed by atoms with Gasteiger partial charge in [0, 0.05) is 5.92 Å². The maximum Gasteiger partial charge on any atom is 0.310 e. The number of ether oxygens (including phenoxy) is 1. The van der Waals surface area contributed by atoms with E-state index < -0.39 is 0 Å². The molecule has 5 aliphatic rings. The van der Waals surface area contributed by atoms with Crippen LogP contribution in [0.5, 0.6) is 0 Å². The second kappa shape index (κ2) is 2.62. The molecular weight excluding hydrogens is 212 g/mol. The molecule has 2 nitrogen and oxygen atoms in total. The molecule has 2 bridgehead atoms. The molecule has 1 aliphatic heterocycles. The van der Waals surface area contributed by atoms with Crippen LogP contribution in [0.4, 0.5) is 0 Å². The highest BCUT2D eigenvalue weighted by Gasteiger charge is 2.73. The Morgan fingerprint density at radius 1 is 1.12 bits per heavy atom. The summed E-state index contributed by atoms with van der Waals surface area (Å²) >= 11 is 0. The predicted octanol–water partition coefficient (Wildman–Crippen LogP) is 2.54. The third-order valence-corrected chi connectivity index (χ3v) is 6.43. The molecule has 0 aromatic rings. The zero-order valence-corrected chi connectivity index (χ0v) is 9.97. The molecule has 4 fully saturated rings. The third kappa shape index (κ3) is 0.840. The van der Waals surface area contributed by atoms with Crippen LogP contribution in [0.3, 0.4) is 0 Å². The van der Waals surface area contributed by atoms with Crippen molar-refractivity contribution in [1.29, 1.82) is 0 Å². The van der Waals surface area contributed by atoms with Crippen LogP contribution >= 0.6 is 0 Å². The fraction of sp³-hybridized carbons (Fsp3) is 0.800. The van der Waals surface area contributed by atoms with Crippen molar-refractivity contribution in [2.75, 3.05) is 0 Å². The van der Waals surface area contributed by atoms with E-state index >= 15 is 0 Å². The first kappa shape index (κ1) is 9.18. The minimum absolute atomic E-state index is 0.0127. The molecule has 17 heavy (non-hydrogen) atoms. The summed E-state index contributed by atoms with van der Waals surface area (Å²) < 4.78 is 5.89. The summed E-state index contributed by atoms with van der Waals surface area (Å²) in [5.74, 6) is 3.94. The molecule has 6 atom stereocenters. The second-order valence-corrected chi connectivity index (χ2v) is 6.85. The SMILES string of the molecule is O=C1OC2(CCCC2)C2C1C1C3C=CC(C3)C12. The molecular formula is C15H18O2. The van der Waals surface area contributed by atoms with Crippen molar-refractivity contribution in [2.45, 2.75) is 37.7 Å². The Morgan fingerprint density at radius 2 is 1.82 bits per heavy atom. The molecule has 4 aliphatic carbocycles. The molecule has 1 heterocycles. The highest BCUT2D eigenvalue weighted by molar-refractivity contribution is 5.79.